The molecule has 0 saturated heterocycles. The summed E-state index contributed by atoms with van der Waals surface area (Å²) in [6.45, 7) is 34.6. The maximum atomic E-state index is 2.74. The highest BCUT2D eigenvalue weighted by molar-refractivity contribution is 7.77. The van der Waals surface area contributed by atoms with E-state index >= 15 is 0 Å². The van der Waals surface area contributed by atoms with Crippen molar-refractivity contribution >= 4 is 90.1 Å². The third-order valence-corrected chi connectivity index (χ3v) is 48.8. The van der Waals surface area contributed by atoms with Gasteiger partial charge in [0, 0.05) is 0 Å². The maximum Gasteiger partial charge on any atom is 0.0867 e. The molecule has 0 heterocycles. The Labute approximate surface area is 518 Å². The van der Waals surface area contributed by atoms with Gasteiger partial charge in [-0.3, -0.25) is 0 Å². The lowest BCUT2D eigenvalue weighted by atomic mass is 10.3. The van der Waals surface area contributed by atoms with Crippen molar-refractivity contribution in [3.8, 4) is 0 Å². The molecule has 0 bridgehead atoms. The van der Waals surface area contributed by atoms with Gasteiger partial charge in [0.2, 0.25) is 0 Å². The van der Waals surface area contributed by atoms with Crippen molar-refractivity contribution in [3.63, 3.8) is 0 Å². The molecule has 0 saturated carbocycles. The van der Waals surface area contributed by atoms with Gasteiger partial charge < -0.3 is 0 Å². The van der Waals surface area contributed by atoms with E-state index in [1.807, 2.05) is 0 Å². The Morgan fingerprint density at radius 3 is 0.451 bits per heavy atom. The lowest BCUT2D eigenvalue weighted by Gasteiger charge is -2.38. The molecule has 0 N–H and O–H groups in total. The minimum atomic E-state index is -1.65. The minimum absolute atomic E-state index is 0.501. The Morgan fingerprint density at radius 1 is 0.220 bits per heavy atom. The van der Waals surface area contributed by atoms with Gasteiger partial charge in [0.1, 0.15) is 0 Å². The molecule has 6 heteroatoms. The molecule has 82 heavy (non-hydrogen) atoms. The maximum absolute atomic E-state index is 2.74. The lowest BCUT2D eigenvalue weighted by Crippen LogP contribution is -2.48. The molecule has 2 unspecified atom stereocenters. The van der Waals surface area contributed by atoms with E-state index in [2.05, 4.69) is 194 Å². The first-order chi connectivity index (χ1) is 39.9. The molecule has 4 rings (SSSR count). The van der Waals surface area contributed by atoms with Crippen molar-refractivity contribution in [2.75, 3.05) is 0 Å². The van der Waals surface area contributed by atoms with Crippen molar-refractivity contribution in [3.05, 3.63) is 97.1 Å². The fourth-order valence-corrected chi connectivity index (χ4v) is 43.3. The third-order valence-electron chi connectivity index (χ3n) is 20.7. The van der Waals surface area contributed by atoms with Crippen molar-refractivity contribution < 1.29 is 0 Å². The van der Waals surface area contributed by atoms with E-state index in [1.54, 1.807) is 42.0 Å². The molecule has 4 aromatic carbocycles. The average molecular weight is 1220 g/mol. The molecule has 0 aliphatic rings. The van der Waals surface area contributed by atoms with Crippen LogP contribution in [-0.2, 0) is 0 Å². The molecule has 0 aliphatic heterocycles. The minimum Gasteiger partial charge on any atom is -0.0654 e. The normalized spacial score (nSPS) is 13.4. The van der Waals surface area contributed by atoms with Crippen LogP contribution in [0.25, 0.3) is 0 Å². The van der Waals surface area contributed by atoms with Crippen LogP contribution < -0.4 is 42.0 Å². The average Bonchev–Trinajstić information content (AvgIpc) is 3.36. The second-order valence-corrected chi connectivity index (χ2v) is 50.5. The monoisotopic (exact) mass is 1220 g/mol. The summed E-state index contributed by atoms with van der Waals surface area (Å²) in [5.41, 5.74) is 1.00. The molecule has 2 atom stereocenters. The highest BCUT2D eigenvalue weighted by atomic mass is 31.1. The summed E-state index contributed by atoms with van der Waals surface area (Å²) in [5, 5.41) is 13.6. The van der Waals surface area contributed by atoms with Crippen LogP contribution in [-0.4, -0.2) is 43.6 Å². The van der Waals surface area contributed by atoms with E-state index in [1.165, 1.54) is 227 Å². The predicted octanol–water partition coefficient (Wildman–Crippen LogP) is 22.3. The zero-order chi connectivity index (χ0) is 59.7. The second-order valence-electron chi connectivity index (χ2n) is 26.8. The molecule has 0 aliphatic carbocycles. The highest BCUT2D eigenvalue weighted by Gasteiger charge is 2.39. The zero-order valence-corrected chi connectivity index (χ0v) is 62.5. The Hall–Kier alpha value is -1.39. The molecule has 0 spiro atoms. The highest BCUT2D eigenvalue weighted by Crippen LogP contribution is 2.51. The fraction of sp³-hybridized carbons (Fsp3) is 0.684. The second kappa shape index (κ2) is 40.2. The Morgan fingerprint density at radius 2 is 0.341 bits per heavy atom. The number of rotatable bonds is 47. The molecular weight excluding hydrogens is 1090 g/mol. The molecule has 0 nitrogen and oxygen atoms in total. The first-order valence-electron chi connectivity index (χ1n) is 35.9. The van der Waals surface area contributed by atoms with Crippen LogP contribution in [0.3, 0.4) is 0 Å². The van der Waals surface area contributed by atoms with Crippen molar-refractivity contribution in [2.45, 2.75) is 335 Å². The first-order valence-corrected chi connectivity index (χ1v) is 49.2. The molecule has 462 valence electrons. The fourth-order valence-electron chi connectivity index (χ4n) is 15.0. The van der Waals surface area contributed by atoms with Crippen molar-refractivity contribution in [2.24, 2.45) is 0 Å². The Balaban J connectivity index is 2.05. The first kappa shape index (κ1) is 73.1. The van der Waals surface area contributed by atoms with Gasteiger partial charge in [0.15, 0.2) is 0 Å². The molecular formula is C76H132P2Si4. The van der Waals surface area contributed by atoms with E-state index in [0.29, 0.717) is 11.3 Å². The van der Waals surface area contributed by atoms with Crippen LogP contribution in [0.5, 0.6) is 0 Å². The topological polar surface area (TPSA) is 0 Å². The lowest BCUT2D eigenvalue weighted by molar-refractivity contribution is 0.800. The SMILES string of the molecule is CCCC[Si](CCCC)(CCCC)c1ccc(P(c2ccc([Si](CCCC)(CCCC)CCCC)cc2)C(C)C(C)P(c2ccc([Si](CCCC)(CCCC)CCCC)cc2)c2ccc([Si](CCCC)(CCCC)CCCC)cc2)cc1. The van der Waals surface area contributed by atoms with E-state index in [0.717, 1.165) is 0 Å². The standard InChI is InChI=1S/C76H132P2Si4/c1-15-27-55-79(56-28-16-2,57-29-17-3)73-47-39-69(40-48-73)77(70-41-49-74(50-42-70)80(58-30-18-4,59-31-19-5)60-32-20-6)67(13)68(14)78(71-43-51-75(52-44-71)81(61-33-21-7,62-34-22-8)63-35-23-9)72-45-53-76(54-46-72)82(64-36-24-10,65-37-25-11)66-38-26-12/h39-54,67-68H,15-38,55-66H2,1-14H3. The summed E-state index contributed by atoms with van der Waals surface area (Å²) in [4.78, 5) is 0. The van der Waals surface area contributed by atoms with E-state index in [4.69, 9.17) is 0 Å². The van der Waals surface area contributed by atoms with Crippen molar-refractivity contribution in [1.29, 1.82) is 0 Å². The molecule has 0 amide bonds. The van der Waals surface area contributed by atoms with Crippen molar-refractivity contribution in [1.82, 2.24) is 0 Å². The predicted molar refractivity (Wildman–Crippen MR) is 395 cm³/mol. The summed E-state index contributed by atoms with van der Waals surface area (Å²) in [5.74, 6) is 0. The van der Waals surface area contributed by atoms with Gasteiger partial charge in [-0.25, -0.2) is 0 Å². The zero-order valence-electron chi connectivity index (χ0n) is 56.7. The molecule has 0 radical (unpaired) electrons. The Kier molecular flexibility index (Phi) is 35.8. The molecule has 0 aromatic heterocycles. The van der Waals surface area contributed by atoms with Crippen LogP contribution in [0.1, 0.15) is 251 Å². The van der Waals surface area contributed by atoms with Crippen LogP contribution in [0, 0.1) is 0 Å². The number of hydrogen-bond acceptors (Lipinski definition) is 0. The van der Waals surface area contributed by atoms with E-state index in [9.17, 15) is 0 Å². The summed E-state index contributed by atoms with van der Waals surface area (Å²) < 4.78 is 0. The van der Waals surface area contributed by atoms with Crippen LogP contribution in [0.15, 0.2) is 97.1 Å². The van der Waals surface area contributed by atoms with Gasteiger partial charge in [-0.05, 0) is 48.4 Å². The molecule has 4 aromatic rings. The van der Waals surface area contributed by atoms with Gasteiger partial charge in [-0.2, -0.15) is 0 Å². The van der Waals surface area contributed by atoms with Gasteiger partial charge in [0.25, 0.3) is 0 Å². The van der Waals surface area contributed by atoms with E-state index in [-0.39, 0.29) is 0 Å². The quantitative estimate of drug-likeness (QED) is 0.0305. The summed E-state index contributed by atoms with van der Waals surface area (Å²) >= 11 is 0. The summed E-state index contributed by atoms with van der Waals surface area (Å²) in [6, 6.07) is 61.2. The van der Waals surface area contributed by atoms with Crippen LogP contribution in [0.4, 0.5) is 0 Å². The summed E-state index contributed by atoms with van der Waals surface area (Å²) in [6.07, 6.45) is 32.4. The number of unbranched alkanes of at least 4 members (excludes halogenated alkanes) is 12. The number of hydrogen-bond donors (Lipinski definition) is 0. The third kappa shape index (κ3) is 20.9. The van der Waals surface area contributed by atoms with Crippen LogP contribution >= 0.6 is 15.8 Å². The van der Waals surface area contributed by atoms with Gasteiger partial charge in [-0.15, -0.1) is 0 Å². The van der Waals surface area contributed by atoms with Gasteiger partial charge in [-0.1, -0.05) is 441 Å². The molecule has 0 fully saturated rings. The Bertz CT molecular complexity index is 1820. The number of benzene rings is 4. The summed E-state index contributed by atoms with van der Waals surface area (Å²) in [7, 11) is -7.92. The van der Waals surface area contributed by atoms with E-state index < -0.39 is 48.1 Å². The van der Waals surface area contributed by atoms with Crippen LogP contribution in [0.2, 0.25) is 72.5 Å². The smallest absolute Gasteiger partial charge is 0.0654 e. The largest absolute Gasteiger partial charge is 0.0867 e. The van der Waals surface area contributed by atoms with Gasteiger partial charge in [0.05, 0.1) is 32.3 Å². The van der Waals surface area contributed by atoms with Gasteiger partial charge >= 0.3 is 0 Å².